The molecule has 0 spiro atoms. The van der Waals surface area contributed by atoms with Gasteiger partial charge in [0, 0.05) is 17.6 Å². The number of nitrogens with one attached hydrogen (secondary N) is 1. The van der Waals surface area contributed by atoms with Gasteiger partial charge in [0.2, 0.25) is 6.41 Å². The molecule has 0 bridgehead atoms. The summed E-state index contributed by atoms with van der Waals surface area (Å²) in [6, 6.07) is 6.24. The molecule has 0 radical (unpaired) electrons. The van der Waals surface area contributed by atoms with E-state index in [2.05, 4.69) is 11.4 Å². The van der Waals surface area contributed by atoms with Crippen LogP contribution in [-0.4, -0.2) is 24.1 Å². The predicted molar refractivity (Wildman–Crippen MR) is 69.1 cm³/mol. The monoisotopic (exact) mass is 239 g/mol. The first kappa shape index (κ1) is 11.0. The molecule has 1 heterocycles. The molecule has 0 saturated carbocycles. The zero-order chi connectivity index (χ0) is 12.7. The lowest BCUT2D eigenvalue weighted by atomic mass is 9.87. The number of nitriles is 1. The van der Waals surface area contributed by atoms with E-state index in [4.69, 9.17) is 0 Å². The maximum Gasteiger partial charge on any atom is 0.218 e. The number of nitrogens with zero attached hydrogens (tertiary/aromatic N) is 2. The van der Waals surface area contributed by atoms with Crippen molar-refractivity contribution in [3.8, 4) is 6.07 Å². The van der Waals surface area contributed by atoms with E-state index in [1.807, 2.05) is 19.3 Å². The van der Waals surface area contributed by atoms with Crippen LogP contribution >= 0.6 is 0 Å². The number of hydrogen-bond acceptors (Lipinski definition) is 3. The zero-order valence-corrected chi connectivity index (χ0v) is 10.1. The van der Waals surface area contributed by atoms with Crippen LogP contribution in [0.5, 0.6) is 0 Å². The Balaban J connectivity index is 2.35. The van der Waals surface area contributed by atoms with Gasteiger partial charge >= 0.3 is 0 Å². The minimum absolute atomic E-state index is 0.331. The van der Waals surface area contributed by atoms with Gasteiger partial charge in [0.25, 0.3) is 0 Å². The van der Waals surface area contributed by atoms with Gasteiger partial charge in [-0.1, -0.05) is 0 Å². The van der Waals surface area contributed by atoms with Crippen LogP contribution < -0.4 is 5.32 Å². The minimum atomic E-state index is 0.331. The van der Waals surface area contributed by atoms with Gasteiger partial charge in [-0.25, -0.2) is 0 Å². The van der Waals surface area contributed by atoms with E-state index < -0.39 is 0 Å². The van der Waals surface area contributed by atoms with Crippen LogP contribution in [0.25, 0.3) is 10.9 Å². The predicted octanol–water partition coefficient (Wildman–Crippen LogP) is 1.24. The van der Waals surface area contributed by atoms with Crippen molar-refractivity contribution < 1.29 is 4.79 Å². The number of rotatable bonds is 2. The molecule has 1 aromatic heterocycles. The molecule has 1 aliphatic rings. The van der Waals surface area contributed by atoms with Crippen molar-refractivity contribution in [1.82, 2.24) is 9.88 Å². The number of benzene rings is 1. The normalized spacial score (nSPS) is 17.7. The topological polar surface area (TPSA) is 57.8 Å². The van der Waals surface area contributed by atoms with Crippen LogP contribution in [0, 0.1) is 11.3 Å². The molecule has 4 nitrogen and oxygen atoms in total. The quantitative estimate of drug-likeness (QED) is 0.802. The van der Waals surface area contributed by atoms with Crippen molar-refractivity contribution in [2.45, 2.75) is 18.9 Å². The summed E-state index contributed by atoms with van der Waals surface area (Å²) in [6.45, 7) is 0. The molecule has 0 fully saturated rings. The van der Waals surface area contributed by atoms with Crippen molar-refractivity contribution in [3.05, 3.63) is 35.0 Å². The van der Waals surface area contributed by atoms with E-state index >= 15 is 0 Å². The van der Waals surface area contributed by atoms with E-state index in [9.17, 15) is 10.1 Å². The Bertz CT molecular complexity index is 678. The van der Waals surface area contributed by atoms with Gasteiger partial charge in [-0.2, -0.15) is 5.26 Å². The Morgan fingerprint density at radius 1 is 1.50 bits per heavy atom. The molecule has 90 valence electrons. The van der Waals surface area contributed by atoms with Gasteiger partial charge in [-0.15, -0.1) is 0 Å². The van der Waals surface area contributed by atoms with Crippen LogP contribution in [0.1, 0.15) is 16.7 Å². The van der Waals surface area contributed by atoms with E-state index in [-0.39, 0.29) is 0 Å². The van der Waals surface area contributed by atoms with Crippen molar-refractivity contribution >= 4 is 17.3 Å². The summed E-state index contributed by atoms with van der Waals surface area (Å²) >= 11 is 0. The van der Waals surface area contributed by atoms with E-state index in [1.54, 1.807) is 10.6 Å². The van der Waals surface area contributed by atoms with Crippen molar-refractivity contribution in [3.63, 3.8) is 0 Å². The number of likely N-dealkylation sites (N-methyl/N-ethyl adjacent to an activating group) is 1. The lowest BCUT2D eigenvalue weighted by Crippen LogP contribution is -2.32. The highest BCUT2D eigenvalue weighted by Crippen LogP contribution is 2.33. The summed E-state index contributed by atoms with van der Waals surface area (Å²) in [6.07, 6.45) is 4.44. The molecular weight excluding hydrogens is 226 g/mol. The van der Waals surface area contributed by atoms with Crippen molar-refractivity contribution in [1.29, 1.82) is 5.26 Å². The molecule has 4 heteroatoms. The molecule has 0 aliphatic heterocycles. The fourth-order valence-electron chi connectivity index (χ4n) is 2.86. The fourth-order valence-corrected chi connectivity index (χ4v) is 2.86. The third kappa shape index (κ3) is 1.38. The molecule has 1 N–H and O–H groups in total. The molecule has 0 saturated heterocycles. The van der Waals surface area contributed by atoms with Crippen LogP contribution in [0.15, 0.2) is 18.3 Å². The van der Waals surface area contributed by atoms with Gasteiger partial charge in [-0.05, 0) is 43.1 Å². The first-order valence-electron chi connectivity index (χ1n) is 5.96. The Hall–Kier alpha value is -2.12. The molecule has 18 heavy (non-hydrogen) atoms. The van der Waals surface area contributed by atoms with Crippen LogP contribution in [0.3, 0.4) is 0 Å². The first-order chi connectivity index (χ1) is 8.78. The summed E-state index contributed by atoms with van der Waals surface area (Å²) in [4.78, 5) is 11.1. The zero-order valence-electron chi connectivity index (χ0n) is 10.1. The van der Waals surface area contributed by atoms with Crippen molar-refractivity contribution in [2.24, 2.45) is 0 Å². The standard InChI is InChI=1S/C14H13N3O/c1-16-11-4-10-7-17(8-18)13-3-2-9(6-15)12(5-11)14(10)13/h2-3,7-8,11,16H,4-5H2,1H3. The van der Waals surface area contributed by atoms with Gasteiger partial charge in [0.1, 0.15) is 0 Å². The lowest BCUT2D eigenvalue weighted by Gasteiger charge is -2.22. The van der Waals surface area contributed by atoms with Gasteiger partial charge in [0.15, 0.2) is 0 Å². The van der Waals surface area contributed by atoms with E-state index in [0.29, 0.717) is 11.6 Å². The average Bonchev–Trinajstić information content (AvgIpc) is 2.78. The van der Waals surface area contributed by atoms with E-state index in [0.717, 1.165) is 41.3 Å². The maximum atomic E-state index is 11.1. The number of hydrogen-bond donors (Lipinski definition) is 1. The minimum Gasteiger partial charge on any atom is -0.316 e. The summed E-state index contributed by atoms with van der Waals surface area (Å²) < 4.78 is 1.60. The van der Waals surface area contributed by atoms with Gasteiger partial charge < -0.3 is 5.32 Å². The number of carbonyl (C=O) groups excluding carboxylic acids is 1. The summed E-state index contributed by atoms with van der Waals surface area (Å²) in [5, 5.41) is 13.5. The highest BCUT2D eigenvalue weighted by Gasteiger charge is 2.24. The number of carbonyl (C=O) groups is 1. The Kier molecular flexibility index (Phi) is 2.42. The maximum absolute atomic E-state index is 11.1. The van der Waals surface area contributed by atoms with Crippen LogP contribution in [0.4, 0.5) is 0 Å². The molecule has 2 aromatic rings. The molecule has 1 unspecified atom stereocenters. The molecule has 3 rings (SSSR count). The molecule has 1 atom stereocenters. The highest BCUT2D eigenvalue weighted by atomic mass is 16.1. The van der Waals surface area contributed by atoms with Gasteiger partial charge in [-0.3, -0.25) is 9.36 Å². The Morgan fingerprint density at radius 3 is 3.00 bits per heavy atom. The second-order valence-electron chi connectivity index (χ2n) is 4.66. The first-order valence-corrected chi connectivity index (χ1v) is 5.96. The van der Waals surface area contributed by atoms with Gasteiger partial charge in [0.05, 0.1) is 17.1 Å². The number of aromatic nitrogens is 1. The van der Waals surface area contributed by atoms with Crippen molar-refractivity contribution in [2.75, 3.05) is 7.05 Å². The second-order valence-corrected chi connectivity index (χ2v) is 4.66. The molecule has 1 aliphatic carbocycles. The SMILES string of the molecule is CNC1Cc2cn(C=O)c3ccc(C#N)c(c23)C1. The summed E-state index contributed by atoms with van der Waals surface area (Å²) in [5.74, 6) is 0. The smallest absolute Gasteiger partial charge is 0.218 e. The second kappa shape index (κ2) is 3.97. The molecule has 1 aromatic carbocycles. The molecular formula is C14H13N3O. The summed E-state index contributed by atoms with van der Waals surface area (Å²) in [7, 11) is 1.93. The third-order valence-electron chi connectivity index (χ3n) is 3.74. The van der Waals surface area contributed by atoms with E-state index in [1.165, 1.54) is 0 Å². The summed E-state index contributed by atoms with van der Waals surface area (Å²) in [5.41, 5.74) is 3.84. The highest BCUT2D eigenvalue weighted by molar-refractivity contribution is 5.93. The van der Waals surface area contributed by atoms with Crippen LogP contribution in [0.2, 0.25) is 0 Å². The average molecular weight is 239 g/mol. The fraction of sp³-hybridized carbons (Fsp3) is 0.286. The third-order valence-corrected chi connectivity index (χ3v) is 3.74. The Morgan fingerprint density at radius 2 is 2.33 bits per heavy atom. The Labute approximate surface area is 105 Å². The largest absolute Gasteiger partial charge is 0.316 e. The molecule has 0 amide bonds. The van der Waals surface area contributed by atoms with Crippen LogP contribution in [-0.2, 0) is 17.6 Å². The lowest BCUT2D eigenvalue weighted by molar-refractivity contribution is 0.546.